The fraction of sp³-hybridized carbons (Fsp3) is 0.350. The minimum Gasteiger partial charge on any atom is -0.381 e. The molecule has 2 N–H and O–H groups in total. The third-order valence-electron chi connectivity index (χ3n) is 4.83. The molecule has 0 bridgehead atoms. The number of sulfonamides is 1. The van der Waals surface area contributed by atoms with Crippen molar-refractivity contribution in [1.82, 2.24) is 5.32 Å². The maximum absolute atomic E-state index is 12.7. The molecule has 3 rings (SSSR count). The van der Waals surface area contributed by atoms with E-state index in [9.17, 15) is 13.2 Å². The number of rotatable bonds is 6. The highest BCUT2D eigenvalue weighted by atomic mass is 35.5. The molecular weight excluding hydrogens is 400 g/mol. The first-order valence-electron chi connectivity index (χ1n) is 9.02. The van der Waals surface area contributed by atoms with Gasteiger partial charge in [-0.3, -0.25) is 9.52 Å². The SMILES string of the molecule is Cc1ccc(NS(=O)(=O)c2ccc(Cl)c(C(=O)NCC3CCOC3)c2)cc1C. The molecule has 2 aromatic rings. The second-order valence-electron chi connectivity index (χ2n) is 6.99. The Hall–Kier alpha value is -2.09. The van der Waals surface area contributed by atoms with Crippen LogP contribution in [0.1, 0.15) is 27.9 Å². The van der Waals surface area contributed by atoms with E-state index >= 15 is 0 Å². The average molecular weight is 423 g/mol. The van der Waals surface area contributed by atoms with Crippen molar-refractivity contribution in [2.24, 2.45) is 5.92 Å². The molecule has 0 aromatic heterocycles. The quantitative estimate of drug-likeness (QED) is 0.745. The molecule has 1 aliphatic rings. The van der Waals surface area contributed by atoms with E-state index in [1.54, 1.807) is 12.1 Å². The molecule has 1 aliphatic heterocycles. The molecule has 0 saturated carbocycles. The largest absolute Gasteiger partial charge is 0.381 e. The van der Waals surface area contributed by atoms with Gasteiger partial charge in [0, 0.05) is 24.8 Å². The van der Waals surface area contributed by atoms with E-state index in [0.717, 1.165) is 17.5 Å². The van der Waals surface area contributed by atoms with Gasteiger partial charge < -0.3 is 10.1 Å². The molecule has 1 saturated heterocycles. The van der Waals surface area contributed by atoms with Crippen molar-refractivity contribution in [3.8, 4) is 0 Å². The summed E-state index contributed by atoms with van der Waals surface area (Å²) in [6.45, 7) is 5.64. The van der Waals surface area contributed by atoms with E-state index in [0.29, 0.717) is 25.4 Å². The van der Waals surface area contributed by atoms with Gasteiger partial charge in [0.15, 0.2) is 0 Å². The highest BCUT2D eigenvalue weighted by molar-refractivity contribution is 7.92. The Kier molecular flexibility index (Phi) is 6.27. The van der Waals surface area contributed by atoms with Crippen molar-refractivity contribution in [2.45, 2.75) is 25.2 Å². The number of carbonyl (C=O) groups excluding carboxylic acids is 1. The molecule has 0 spiro atoms. The molecule has 0 aliphatic carbocycles. The van der Waals surface area contributed by atoms with Crippen LogP contribution in [0.15, 0.2) is 41.3 Å². The summed E-state index contributed by atoms with van der Waals surface area (Å²) in [5, 5.41) is 3.00. The molecule has 1 heterocycles. The van der Waals surface area contributed by atoms with Crippen LogP contribution >= 0.6 is 11.6 Å². The number of nitrogens with one attached hydrogen (secondary N) is 2. The van der Waals surface area contributed by atoms with Crippen LogP contribution in [0.5, 0.6) is 0 Å². The van der Waals surface area contributed by atoms with Gasteiger partial charge in [-0.1, -0.05) is 17.7 Å². The minimum absolute atomic E-state index is 0.0236. The Morgan fingerprint density at radius 3 is 2.64 bits per heavy atom. The fourth-order valence-corrected chi connectivity index (χ4v) is 4.22. The van der Waals surface area contributed by atoms with Gasteiger partial charge in [0.05, 0.1) is 22.1 Å². The molecule has 150 valence electrons. The molecule has 1 amide bonds. The van der Waals surface area contributed by atoms with Crippen LogP contribution in [0.25, 0.3) is 0 Å². The van der Waals surface area contributed by atoms with Gasteiger partial charge in [-0.05, 0) is 61.7 Å². The smallest absolute Gasteiger partial charge is 0.261 e. The molecule has 8 heteroatoms. The molecule has 0 radical (unpaired) electrons. The first kappa shape index (κ1) is 20.6. The number of carbonyl (C=O) groups is 1. The van der Waals surface area contributed by atoms with E-state index in [4.69, 9.17) is 16.3 Å². The van der Waals surface area contributed by atoms with Crippen LogP contribution in [0.4, 0.5) is 5.69 Å². The predicted molar refractivity (Wildman–Crippen MR) is 109 cm³/mol. The zero-order chi connectivity index (χ0) is 20.3. The highest BCUT2D eigenvalue weighted by Gasteiger charge is 2.21. The van der Waals surface area contributed by atoms with Crippen LogP contribution < -0.4 is 10.0 Å². The second-order valence-corrected chi connectivity index (χ2v) is 9.08. The lowest BCUT2D eigenvalue weighted by Gasteiger charge is -2.13. The first-order chi connectivity index (χ1) is 13.3. The Morgan fingerprint density at radius 2 is 1.96 bits per heavy atom. The molecule has 1 fully saturated rings. The molecule has 28 heavy (non-hydrogen) atoms. The summed E-state index contributed by atoms with van der Waals surface area (Å²) in [6, 6.07) is 9.41. The summed E-state index contributed by atoms with van der Waals surface area (Å²) < 4.78 is 33.3. The van der Waals surface area contributed by atoms with Crippen molar-refractivity contribution in [2.75, 3.05) is 24.5 Å². The Morgan fingerprint density at radius 1 is 1.18 bits per heavy atom. The zero-order valence-corrected chi connectivity index (χ0v) is 17.4. The Balaban J connectivity index is 1.78. The normalized spacial score (nSPS) is 16.8. The minimum atomic E-state index is -3.85. The fourth-order valence-electron chi connectivity index (χ4n) is 2.94. The lowest BCUT2D eigenvalue weighted by atomic mass is 10.1. The van der Waals surface area contributed by atoms with Crippen molar-refractivity contribution in [3.63, 3.8) is 0 Å². The van der Waals surface area contributed by atoms with Gasteiger partial charge in [-0.15, -0.1) is 0 Å². The van der Waals surface area contributed by atoms with E-state index in [1.807, 2.05) is 19.9 Å². The maximum atomic E-state index is 12.7. The molecule has 6 nitrogen and oxygen atoms in total. The van der Waals surface area contributed by atoms with Crippen molar-refractivity contribution < 1.29 is 17.9 Å². The van der Waals surface area contributed by atoms with Gasteiger partial charge in [0.2, 0.25) is 0 Å². The average Bonchev–Trinajstić information content (AvgIpc) is 3.16. The van der Waals surface area contributed by atoms with Crippen LogP contribution in [-0.2, 0) is 14.8 Å². The summed E-state index contributed by atoms with van der Waals surface area (Å²) in [6.07, 6.45) is 0.891. The predicted octanol–water partition coefficient (Wildman–Crippen LogP) is 3.52. The van der Waals surface area contributed by atoms with Gasteiger partial charge in [0.1, 0.15) is 0 Å². The monoisotopic (exact) mass is 422 g/mol. The van der Waals surface area contributed by atoms with Crippen molar-refractivity contribution in [1.29, 1.82) is 0 Å². The van der Waals surface area contributed by atoms with E-state index in [-0.39, 0.29) is 21.4 Å². The number of halogens is 1. The third kappa shape index (κ3) is 4.84. The van der Waals surface area contributed by atoms with Gasteiger partial charge >= 0.3 is 0 Å². The summed E-state index contributed by atoms with van der Waals surface area (Å²) in [5.41, 5.74) is 2.64. The standard InChI is InChI=1S/C20H23ClN2O4S/c1-13-3-4-16(9-14(13)2)23-28(25,26)17-5-6-19(21)18(10-17)20(24)22-11-15-7-8-27-12-15/h3-6,9-10,15,23H,7-8,11-12H2,1-2H3,(H,22,24). The lowest BCUT2D eigenvalue weighted by Crippen LogP contribution is -2.30. The summed E-state index contributed by atoms with van der Waals surface area (Å²) in [5.74, 6) is -0.138. The number of amides is 1. The number of anilines is 1. The topological polar surface area (TPSA) is 84.5 Å². The van der Waals surface area contributed by atoms with Gasteiger partial charge in [-0.2, -0.15) is 0 Å². The Labute approximate surface area is 170 Å². The maximum Gasteiger partial charge on any atom is 0.261 e. The van der Waals surface area contributed by atoms with E-state index in [2.05, 4.69) is 10.0 Å². The number of aryl methyl sites for hydroxylation is 2. The molecule has 1 unspecified atom stereocenters. The first-order valence-corrected chi connectivity index (χ1v) is 10.9. The summed E-state index contributed by atoms with van der Waals surface area (Å²) >= 11 is 6.13. The zero-order valence-electron chi connectivity index (χ0n) is 15.8. The van der Waals surface area contributed by atoms with Crippen LogP contribution in [0, 0.1) is 19.8 Å². The number of hydrogen-bond donors (Lipinski definition) is 2. The van der Waals surface area contributed by atoms with Crippen molar-refractivity contribution in [3.05, 3.63) is 58.1 Å². The van der Waals surface area contributed by atoms with Gasteiger partial charge in [0.25, 0.3) is 15.9 Å². The number of ether oxygens (including phenoxy) is 1. The van der Waals surface area contributed by atoms with Crippen LogP contribution in [0.3, 0.4) is 0 Å². The number of hydrogen-bond acceptors (Lipinski definition) is 4. The van der Waals surface area contributed by atoms with Gasteiger partial charge in [-0.25, -0.2) is 8.42 Å². The van der Waals surface area contributed by atoms with Crippen molar-refractivity contribution >= 4 is 33.2 Å². The van der Waals surface area contributed by atoms with E-state index < -0.39 is 15.9 Å². The second kappa shape index (κ2) is 8.51. The van der Waals surface area contributed by atoms with Crippen LogP contribution in [-0.4, -0.2) is 34.1 Å². The van der Waals surface area contributed by atoms with E-state index in [1.165, 1.54) is 18.2 Å². The molecular formula is C20H23ClN2O4S. The summed E-state index contributed by atoms with van der Waals surface area (Å²) in [4.78, 5) is 12.5. The number of benzene rings is 2. The third-order valence-corrected chi connectivity index (χ3v) is 6.54. The molecule has 1 atom stereocenters. The highest BCUT2D eigenvalue weighted by Crippen LogP contribution is 2.24. The Bertz CT molecular complexity index is 986. The molecule has 2 aromatic carbocycles. The van der Waals surface area contributed by atoms with Crippen LogP contribution in [0.2, 0.25) is 5.02 Å². The summed E-state index contributed by atoms with van der Waals surface area (Å²) in [7, 11) is -3.85. The lowest BCUT2D eigenvalue weighted by molar-refractivity contribution is 0.0945.